The van der Waals surface area contributed by atoms with E-state index in [1.807, 2.05) is 4.90 Å². The summed E-state index contributed by atoms with van der Waals surface area (Å²) in [6.07, 6.45) is 3.32. The first-order valence-electron chi connectivity index (χ1n) is 5.65. The van der Waals surface area contributed by atoms with Crippen molar-refractivity contribution in [2.24, 2.45) is 0 Å². The highest BCUT2D eigenvalue weighted by molar-refractivity contribution is 5.95. The summed E-state index contributed by atoms with van der Waals surface area (Å²) in [7, 11) is 1.61. The Morgan fingerprint density at radius 2 is 2.39 bits per heavy atom. The van der Waals surface area contributed by atoms with Gasteiger partial charge in [-0.15, -0.1) is 6.58 Å². The Hall–Kier alpha value is -1.88. The quantitative estimate of drug-likeness (QED) is 0.747. The number of nitrogens with zero attached hydrogens (tertiary/aromatic N) is 2. The SMILES string of the molecule is C=CCN(CCOC)c1nccc(C)c1C(=O)O. The fourth-order valence-electron chi connectivity index (χ4n) is 1.69. The van der Waals surface area contributed by atoms with Gasteiger partial charge < -0.3 is 14.7 Å². The van der Waals surface area contributed by atoms with E-state index in [2.05, 4.69) is 11.6 Å². The Bertz CT molecular complexity index is 432. The average molecular weight is 250 g/mol. The lowest BCUT2D eigenvalue weighted by molar-refractivity contribution is 0.0696. The average Bonchev–Trinajstić information content (AvgIpc) is 2.33. The molecule has 98 valence electrons. The van der Waals surface area contributed by atoms with Crippen LogP contribution in [-0.4, -0.2) is 42.9 Å². The van der Waals surface area contributed by atoms with E-state index < -0.39 is 5.97 Å². The number of aromatic carboxylic acids is 1. The minimum absolute atomic E-state index is 0.232. The zero-order valence-corrected chi connectivity index (χ0v) is 10.7. The van der Waals surface area contributed by atoms with E-state index in [0.29, 0.717) is 31.1 Å². The molecule has 1 heterocycles. The van der Waals surface area contributed by atoms with Gasteiger partial charge in [0.25, 0.3) is 0 Å². The first-order chi connectivity index (χ1) is 8.61. The summed E-state index contributed by atoms with van der Waals surface area (Å²) in [5.41, 5.74) is 0.925. The number of aromatic nitrogens is 1. The topological polar surface area (TPSA) is 62.7 Å². The summed E-state index contributed by atoms with van der Waals surface area (Å²) in [5.74, 6) is -0.512. The molecular formula is C13H18N2O3. The largest absolute Gasteiger partial charge is 0.478 e. The maximum atomic E-state index is 11.3. The molecule has 0 radical (unpaired) electrons. The van der Waals surface area contributed by atoms with Crippen molar-refractivity contribution >= 4 is 11.8 Å². The fraction of sp³-hybridized carbons (Fsp3) is 0.385. The molecule has 0 aromatic carbocycles. The van der Waals surface area contributed by atoms with Crippen molar-refractivity contribution in [3.05, 3.63) is 36.0 Å². The van der Waals surface area contributed by atoms with Crippen molar-refractivity contribution in [1.29, 1.82) is 0 Å². The van der Waals surface area contributed by atoms with Crippen LogP contribution in [0.4, 0.5) is 5.82 Å². The van der Waals surface area contributed by atoms with Crippen LogP contribution in [0.2, 0.25) is 0 Å². The lowest BCUT2D eigenvalue weighted by atomic mass is 10.1. The highest BCUT2D eigenvalue weighted by Crippen LogP contribution is 2.20. The number of pyridine rings is 1. The van der Waals surface area contributed by atoms with Gasteiger partial charge in [-0.2, -0.15) is 0 Å². The number of ether oxygens (including phenoxy) is 1. The molecule has 18 heavy (non-hydrogen) atoms. The van der Waals surface area contributed by atoms with Gasteiger partial charge in [-0.25, -0.2) is 9.78 Å². The summed E-state index contributed by atoms with van der Waals surface area (Å²) < 4.78 is 5.02. The second-order valence-electron chi connectivity index (χ2n) is 3.86. The monoisotopic (exact) mass is 250 g/mol. The summed E-state index contributed by atoms with van der Waals surface area (Å²) in [4.78, 5) is 17.3. The Kier molecular flexibility index (Phi) is 5.32. The number of carbonyl (C=O) groups is 1. The molecule has 0 unspecified atom stereocenters. The van der Waals surface area contributed by atoms with Crippen LogP contribution in [0.5, 0.6) is 0 Å². The molecule has 1 aromatic heterocycles. The number of rotatable bonds is 7. The van der Waals surface area contributed by atoms with Crippen LogP contribution >= 0.6 is 0 Å². The smallest absolute Gasteiger partial charge is 0.339 e. The van der Waals surface area contributed by atoms with E-state index in [-0.39, 0.29) is 5.56 Å². The molecule has 0 aliphatic rings. The van der Waals surface area contributed by atoms with E-state index in [4.69, 9.17) is 4.74 Å². The zero-order chi connectivity index (χ0) is 13.5. The minimum atomic E-state index is -0.970. The van der Waals surface area contributed by atoms with Gasteiger partial charge in [-0.1, -0.05) is 6.08 Å². The summed E-state index contributed by atoms with van der Waals surface area (Å²) in [6, 6.07) is 1.69. The van der Waals surface area contributed by atoms with Crippen molar-refractivity contribution in [2.45, 2.75) is 6.92 Å². The predicted octanol–water partition coefficient (Wildman–Crippen LogP) is 1.73. The zero-order valence-electron chi connectivity index (χ0n) is 10.7. The molecule has 0 fully saturated rings. The fourth-order valence-corrected chi connectivity index (χ4v) is 1.69. The molecule has 0 bridgehead atoms. The van der Waals surface area contributed by atoms with E-state index in [1.54, 1.807) is 32.4 Å². The van der Waals surface area contributed by atoms with Crippen molar-refractivity contribution in [3.63, 3.8) is 0 Å². The van der Waals surface area contributed by atoms with Crippen LogP contribution in [-0.2, 0) is 4.74 Å². The number of methoxy groups -OCH3 is 1. The van der Waals surface area contributed by atoms with Crippen LogP contribution in [0.1, 0.15) is 15.9 Å². The molecule has 0 atom stereocenters. The highest BCUT2D eigenvalue weighted by Gasteiger charge is 2.18. The van der Waals surface area contributed by atoms with Gasteiger partial charge in [0.2, 0.25) is 0 Å². The van der Waals surface area contributed by atoms with E-state index in [9.17, 15) is 9.90 Å². The third-order valence-corrected chi connectivity index (χ3v) is 2.57. The van der Waals surface area contributed by atoms with Crippen LogP contribution in [0.3, 0.4) is 0 Å². The van der Waals surface area contributed by atoms with Gasteiger partial charge in [-0.05, 0) is 18.6 Å². The van der Waals surface area contributed by atoms with Crippen LogP contribution in [0, 0.1) is 6.92 Å². The molecule has 0 spiro atoms. The Balaban J connectivity index is 3.13. The molecule has 5 heteroatoms. The first kappa shape index (κ1) is 14.2. The Morgan fingerprint density at radius 3 is 2.94 bits per heavy atom. The molecule has 5 nitrogen and oxygen atoms in total. The van der Waals surface area contributed by atoms with Gasteiger partial charge in [0.15, 0.2) is 0 Å². The number of anilines is 1. The lowest BCUT2D eigenvalue weighted by Crippen LogP contribution is -2.30. The van der Waals surface area contributed by atoms with Gasteiger partial charge in [0, 0.05) is 26.4 Å². The molecule has 1 rings (SSSR count). The molecule has 0 aliphatic carbocycles. The Morgan fingerprint density at radius 1 is 1.67 bits per heavy atom. The molecule has 1 N–H and O–H groups in total. The van der Waals surface area contributed by atoms with Crippen LogP contribution in [0.15, 0.2) is 24.9 Å². The number of hydrogen-bond acceptors (Lipinski definition) is 4. The van der Waals surface area contributed by atoms with Gasteiger partial charge >= 0.3 is 5.97 Å². The maximum absolute atomic E-state index is 11.3. The summed E-state index contributed by atoms with van der Waals surface area (Å²) >= 11 is 0. The van der Waals surface area contributed by atoms with Gasteiger partial charge in [0.1, 0.15) is 11.4 Å². The van der Waals surface area contributed by atoms with Crippen molar-refractivity contribution < 1.29 is 14.6 Å². The Labute approximate surface area is 107 Å². The number of hydrogen-bond donors (Lipinski definition) is 1. The van der Waals surface area contributed by atoms with Crippen LogP contribution in [0.25, 0.3) is 0 Å². The molecule has 0 saturated heterocycles. The van der Waals surface area contributed by atoms with Gasteiger partial charge in [-0.3, -0.25) is 0 Å². The molecular weight excluding hydrogens is 232 g/mol. The van der Waals surface area contributed by atoms with E-state index in [0.717, 1.165) is 0 Å². The van der Waals surface area contributed by atoms with Crippen molar-refractivity contribution in [3.8, 4) is 0 Å². The second-order valence-corrected chi connectivity index (χ2v) is 3.86. The minimum Gasteiger partial charge on any atom is -0.478 e. The van der Waals surface area contributed by atoms with Crippen molar-refractivity contribution in [2.75, 3.05) is 31.7 Å². The van der Waals surface area contributed by atoms with E-state index >= 15 is 0 Å². The standard InChI is InChI=1S/C13H18N2O3/c1-4-7-15(8-9-18-3)12-11(13(16)17)10(2)5-6-14-12/h4-6H,1,7-9H2,2-3H3,(H,16,17). The first-order valence-corrected chi connectivity index (χ1v) is 5.65. The normalized spacial score (nSPS) is 10.1. The van der Waals surface area contributed by atoms with Crippen LogP contribution < -0.4 is 4.90 Å². The lowest BCUT2D eigenvalue weighted by Gasteiger charge is -2.23. The number of carboxylic acid groups (broad SMARTS) is 1. The number of carboxylic acids is 1. The van der Waals surface area contributed by atoms with Gasteiger partial charge in [0.05, 0.1) is 6.61 Å². The highest BCUT2D eigenvalue weighted by atomic mass is 16.5. The molecule has 0 amide bonds. The van der Waals surface area contributed by atoms with E-state index in [1.165, 1.54) is 0 Å². The third kappa shape index (κ3) is 3.30. The maximum Gasteiger partial charge on any atom is 0.339 e. The molecule has 0 saturated carbocycles. The molecule has 1 aromatic rings. The molecule has 0 aliphatic heterocycles. The predicted molar refractivity (Wildman–Crippen MR) is 70.2 cm³/mol. The van der Waals surface area contributed by atoms with Crippen molar-refractivity contribution in [1.82, 2.24) is 4.98 Å². The number of aryl methyl sites for hydroxylation is 1. The second kappa shape index (κ2) is 6.76. The summed E-state index contributed by atoms with van der Waals surface area (Å²) in [6.45, 7) is 7.03. The summed E-state index contributed by atoms with van der Waals surface area (Å²) in [5, 5.41) is 9.27. The third-order valence-electron chi connectivity index (χ3n) is 2.57.